The minimum Gasteiger partial charge on any atom is -0.495 e. The Bertz CT molecular complexity index is 1330. The van der Waals surface area contributed by atoms with Gasteiger partial charge in [0.25, 0.3) is 5.91 Å². The summed E-state index contributed by atoms with van der Waals surface area (Å²) in [5.74, 6) is 1.77. The number of hydrogen-bond donors (Lipinski definition) is 1. The minimum atomic E-state index is -0.292. The molecule has 0 saturated heterocycles. The molecule has 4 aromatic rings. The van der Waals surface area contributed by atoms with E-state index in [0.717, 1.165) is 16.7 Å². The quantitative estimate of drug-likeness (QED) is 0.315. The molecule has 6 nitrogen and oxygen atoms in total. The number of rotatable bonds is 7. The SMILES string of the molecule is COc1ccc(-c2nc3cc(C(C)C)ccc3o2)cc1NC(=O)COc1ccc(C(C)(C)C)cc1. The molecule has 4 rings (SSSR count). The van der Waals surface area contributed by atoms with Crippen molar-refractivity contribution in [2.75, 3.05) is 19.0 Å². The van der Waals surface area contributed by atoms with E-state index in [9.17, 15) is 4.79 Å². The van der Waals surface area contributed by atoms with Crippen molar-refractivity contribution in [3.63, 3.8) is 0 Å². The van der Waals surface area contributed by atoms with E-state index in [2.05, 4.69) is 51.0 Å². The fraction of sp³-hybridized carbons (Fsp3) is 0.310. The highest BCUT2D eigenvalue weighted by Crippen LogP contribution is 2.33. The number of anilines is 1. The molecule has 1 heterocycles. The number of benzene rings is 3. The molecule has 1 N–H and O–H groups in total. The van der Waals surface area contributed by atoms with Crippen LogP contribution in [0.5, 0.6) is 11.5 Å². The molecule has 1 aromatic heterocycles. The number of amides is 1. The molecule has 0 aliphatic carbocycles. The first-order chi connectivity index (χ1) is 16.6. The average molecular weight is 473 g/mol. The molecule has 3 aromatic carbocycles. The second-order valence-corrected chi connectivity index (χ2v) is 9.93. The molecule has 0 bridgehead atoms. The van der Waals surface area contributed by atoms with Gasteiger partial charge in [0.2, 0.25) is 5.89 Å². The topological polar surface area (TPSA) is 73.6 Å². The van der Waals surface area contributed by atoms with Crippen LogP contribution in [0, 0.1) is 0 Å². The molecule has 1 amide bonds. The summed E-state index contributed by atoms with van der Waals surface area (Å²) in [7, 11) is 1.56. The molecule has 0 saturated carbocycles. The Labute approximate surface area is 206 Å². The van der Waals surface area contributed by atoms with E-state index in [1.165, 1.54) is 11.1 Å². The number of carbonyl (C=O) groups excluding carboxylic acids is 1. The summed E-state index contributed by atoms with van der Waals surface area (Å²) in [5.41, 5.74) is 5.25. The largest absolute Gasteiger partial charge is 0.495 e. The molecule has 0 atom stereocenters. The fourth-order valence-corrected chi connectivity index (χ4v) is 3.75. The second-order valence-electron chi connectivity index (χ2n) is 9.93. The van der Waals surface area contributed by atoms with Crippen molar-refractivity contribution < 1.29 is 18.7 Å². The Morgan fingerprint density at radius 2 is 1.77 bits per heavy atom. The summed E-state index contributed by atoms with van der Waals surface area (Å²) in [6, 6.07) is 19.3. The molecule has 0 aliphatic rings. The molecular formula is C29H32N2O4. The first kappa shape index (κ1) is 24.3. The maximum atomic E-state index is 12.6. The smallest absolute Gasteiger partial charge is 0.262 e. The minimum absolute atomic E-state index is 0.0584. The third-order valence-electron chi connectivity index (χ3n) is 5.89. The summed E-state index contributed by atoms with van der Waals surface area (Å²) in [6.45, 7) is 10.6. The van der Waals surface area contributed by atoms with Crippen LogP contribution in [0.4, 0.5) is 5.69 Å². The van der Waals surface area contributed by atoms with Gasteiger partial charge < -0.3 is 19.2 Å². The van der Waals surface area contributed by atoms with E-state index >= 15 is 0 Å². The van der Waals surface area contributed by atoms with Crippen molar-refractivity contribution in [3.8, 4) is 23.0 Å². The van der Waals surface area contributed by atoms with Gasteiger partial charge >= 0.3 is 0 Å². The Balaban J connectivity index is 1.49. The van der Waals surface area contributed by atoms with Crippen LogP contribution in [0.25, 0.3) is 22.6 Å². The van der Waals surface area contributed by atoms with E-state index in [4.69, 9.17) is 13.9 Å². The van der Waals surface area contributed by atoms with Crippen LogP contribution in [0.2, 0.25) is 0 Å². The van der Waals surface area contributed by atoms with Crippen molar-refractivity contribution in [1.82, 2.24) is 4.98 Å². The lowest BCUT2D eigenvalue weighted by Gasteiger charge is -2.19. The highest BCUT2D eigenvalue weighted by molar-refractivity contribution is 5.94. The first-order valence-electron chi connectivity index (χ1n) is 11.8. The Kier molecular flexibility index (Phi) is 6.83. The monoisotopic (exact) mass is 472 g/mol. The van der Waals surface area contributed by atoms with Crippen LogP contribution in [0.3, 0.4) is 0 Å². The molecule has 6 heteroatoms. The molecule has 0 aliphatic heterocycles. The van der Waals surface area contributed by atoms with Gasteiger partial charge in [-0.3, -0.25) is 4.79 Å². The van der Waals surface area contributed by atoms with Gasteiger partial charge in [0.15, 0.2) is 12.2 Å². The van der Waals surface area contributed by atoms with Crippen LogP contribution in [-0.2, 0) is 10.2 Å². The van der Waals surface area contributed by atoms with Gasteiger partial charge in [-0.05, 0) is 64.9 Å². The number of carbonyl (C=O) groups is 1. The molecular weight excluding hydrogens is 440 g/mol. The zero-order valence-corrected chi connectivity index (χ0v) is 21.1. The van der Waals surface area contributed by atoms with Gasteiger partial charge in [-0.25, -0.2) is 4.98 Å². The van der Waals surface area contributed by atoms with Crippen LogP contribution in [0.1, 0.15) is 51.7 Å². The van der Waals surface area contributed by atoms with Gasteiger partial charge in [-0.2, -0.15) is 0 Å². The van der Waals surface area contributed by atoms with E-state index in [1.54, 1.807) is 19.2 Å². The van der Waals surface area contributed by atoms with E-state index in [-0.39, 0.29) is 17.9 Å². The lowest BCUT2D eigenvalue weighted by molar-refractivity contribution is -0.118. The first-order valence-corrected chi connectivity index (χ1v) is 11.8. The van der Waals surface area contributed by atoms with Gasteiger partial charge in [0, 0.05) is 5.56 Å². The predicted molar refractivity (Wildman–Crippen MR) is 139 cm³/mol. The Morgan fingerprint density at radius 3 is 2.43 bits per heavy atom. The van der Waals surface area contributed by atoms with E-state index in [1.807, 2.05) is 42.5 Å². The maximum absolute atomic E-state index is 12.6. The van der Waals surface area contributed by atoms with Crippen LogP contribution >= 0.6 is 0 Å². The molecule has 35 heavy (non-hydrogen) atoms. The summed E-state index contributed by atoms with van der Waals surface area (Å²) >= 11 is 0. The second kappa shape index (κ2) is 9.82. The van der Waals surface area contributed by atoms with Crippen molar-refractivity contribution >= 4 is 22.7 Å². The Morgan fingerprint density at radius 1 is 1.03 bits per heavy atom. The highest BCUT2D eigenvalue weighted by Gasteiger charge is 2.16. The van der Waals surface area contributed by atoms with Gasteiger partial charge in [0.1, 0.15) is 17.0 Å². The van der Waals surface area contributed by atoms with Crippen molar-refractivity contribution in [2.24, 2.45) is 0 Å². The van der Waals surface area contributed by atoms with Crippen LogP contribution < -0.4 is 14.8 Å². The lowest BCUT2D eigenvalue weighted by Crippen LogP contribution is -2.20. The standard InChI is InChI=1S/C29H32N2O4/c1-18(2)19-7-14-26-24(15-19)31-28(35-26)20-8-13-25(33-6)23(16-20)30-27(32)17-34-22-11-9-21(10-12-22)29(3,4)5/h7-16,18H,17H2,1-6H3,(H,30,32). The summed E-state index contributed by atoms with van der Waals surface area (Å²) in [6.07, 6.45) is 0. The van der Waals surface area contributed by atoms with Crippen molar-refractivity contribution in [2.45, 2.75) is 46.0 Å². The molecule has 0 unspecified atom stereocenters. The van der Waals surface area contributed by atoms with Crippen molar-refractivity contribution in [3.05, 3.63) is 71.8 Å². The number of hydrogen-bond acceptors (Lipinski definition) is 5. The number of nitrogens with one attached hydrogen (secondary N) is 1. The van der Waals surface area contributed by atoms with Crippen LogP contribution in [0.15, 0.2) is 65.1 Å². The number of oxazole rings is 1. The number of nitrogens with zero attached hydrogens (tertiary/aromatic N) is 1. The predicted octanol–water partition coefficient (Wildman–Crippen LogP) is 6.94. The molecule has 0 fully saturated rings. The highest BCUT2D eigenvalue weighted by atomic mass is 16.5. The zero-order valence-electron chi connectivity index (χ0n) is 21.1. The molecule has 0 spiro atoms. The number of ether oxygens (including phenoxy) is 2. The molecule has 0 radical (unpaired) electrons. The fourth-order valence-electron chi connectivity index (χ4n) is 3.75. The number of methoxy groups -OCH3 is 1. The Hall–Kier alpha value is -3.80. The average Bonchev–Trinajstić information content (AvgIpc) is 3.26. The number of aromatic nitrogens is 1. The third kappa shape index (κ3) is 5.65. The summed E-state index contributed by atoms with van der Waals surface area (Å²) in [4.78, 5) is 17.3. The normalized spacial score (nSPS) is 11.6. The molecule has 182 valence electrons. The van der Waals surface area contributed by atoms with Crippen LogP contribution in [-0.4, -0.2) is 24.6 Å². The summed E-state index contributed by atoms with van der Waals surface area (Å²) < 4.78 is 17.1. The number of fused-ring (bicyclic) bond motifs is 1. The van der Waals surface area contributed by atoms with E-state index < -0.39 is 0 Å². The zero-order chi connectivity index (χ0) is 25.2. The van der Waals surface area contributed by atoms with Gasteiger partial charge in [-0.1, -0.05) is 52.8 Å². The van der Waals surface area contributed by atoms with Gasteiger partial charge in [0.05, 0.1) is 12.8 Å². The maximum Gasteiger partial charge on any atom is 0.262 e. The van der Waals surface area contributed by atoms with Crippen molar-refractivity contribution in [1.29, 1.82) is 0 Å². The van der Waals surface area contributed by atoms with E-state index in [0.29, 0.717) is 29.0 Å². The third-order valence-corrected chi connectivity index (χ3v) is 5.89. The summed E-state index contributed by atoms with van der Waals surface area (Å²) in [5, 5.41) is 2.88. The lowest BCUT2D eigenvalue weighted by atomic mass is 9.87. The van der Waals surface area contributed by atoms with Gasteiger partial charge in [-0.15, -0.1) is 0 Å².